The Morgan fingerprint density at radius 1 is 1.19 bits per heavy atom. The van der Waals surface area contributed by atoms with Crippen LogP contribution in [0.1, 0.15) is 16.2 Å². The molecule has 136 valence electrons. The first kappa shape index (κ1) is 17.0. The molecular weight excluding hydrogens is 347 g/mol. The van der Waals surface area contributed by atoms with Crippen LogP contribution >= 0.6 is 0 Å². The van der Waals surface area contributed by atoms with E-state index in [9.17, 15) is 9.18 Å². The van der Waals surface area contributed by atoms with Crippen molar-refractivity contribution in [3.63, 3.8) is 0 Å². The van der Waals surface area contributed by atoms with Gasteiger partial charge in [-0.1, -0.05) is 23.4 Å². The summed E-state index contributed by atoms with van der Waals surface area (Å²) < 4.78 is 18.3. The van der Waals surface area contributed by atoms with Gasteiger partial charge in [0.25, 0.3) is 11.8 Å². The van der Waals surface area contributed by atoms with E-state index in [1.165, 1.54) is 24.3 Å². The summed E-state index contributed by atoms with van der Waals surface area (Å²) >= 11 is 0. The number of rotatable bonds is 5. The lowest BCUT2D eigenvalue weighted by atomic mass is 10.2. The maximum atomic E-state index is 13.0. The van der Waals surface area contributed by atoms with E-state index >= 15 is 0 Å². The van der Waals surface area contributed by atoms with Crippen molar-refractivity contribution in [2.45, 2.75) is 6.42 Å². The van der Waals surface area contributed by atoms with Crippen molar-refractivity contribution in [3.8, 4) is 11.6 Å². The van der Waals surface area contributed by atoms with Gasteiger partial charge in [-0.2, -0.15) is 4.98 Å². The molecule has 0 aliphatic carbocycles. The van der Waals surface area contributed by atoms with E-state index < -0.39 is 0 Å². The van der Waals surface area contributed by atoms with Crippen molar-refractivity contribution >= 4 is 16.8 Å². The van der Waals surface area contributed by atoms with Crippen molar-refractivity contribution < 1.29 is 13.7 Å². The average molecular weight is 364 g/mol. The number of aromatic nitrogens is 3. The minimum atomic E-state index is -0.370. The highest BCUT2D eigenvalue weighted by Crippen LogP contribution is 2.22. The van der Waals surface area contributed by atoms with Gasteiger partial charge in [-0.3, -0.25) is 4.79 Å². The molecule has 0 radical (unpaired) electrons. The van der Waals surface area contributed by atoms with Crippen LogP contribution in [0.4, 0.5) is 4.39 Å². The van der Waals surface area contributed by atoms with E-state index in [0.29, 0.717) is 30.2 Å². The number of benzene rings is 2. The van der Waals surface area contributed by atoms with E-state index in [1.807, 2.05) is 30.3 Å². The van der Waals surface area contributed by atoms with Gasteiger partial charge in [0, 0.05) is 36.5 Å². The minimum Gasteiger partial charge on any atom is -0.351 e. The lowest BCUT2D eigenvalue weighted by Gasteiger charge is -2.16. The Bertz CT molecular complexity index is 1050. The number of carbonyl (C=O) groups is 1. The first-order valence-corrected chi connectivity index (χ1v) is 8.52. The summed E-state index contributed by atoms with van der Waals surface area (Å²) in [6.07, 6.45) is 0.452. The number of nitrogens with zero attached hydrogens (tertiary/aromatic N) is 3. The van der Waals surface area contributed by atoms with Crippen LogP contribution in [0.2, 0.25) is 0 Å². The lowest BCUT2D eigenvalue weighted by molar-refractivity contribution is 0.0795. The Morgan fingerprint density at radius 3 is 2.74 bits per heavy atom. The Balaban J connectivity index is 1.41. The molecule has 2 aromatic heterocycles. The van der Waals surface area contributed by atoms with E-state index in [-0.39, 0.29) is 11.7 Å². The molecule has 0 bridgehead atoms. The van der Waals surface area contributed by atoms with Gasteiger partial charge in [0.1, 0.15) is 11.5 Å². The summed E-state index contributed by atoms with van der Waals surface area (Å²) in [6.45, 7) is 0.419. The molecule has 1 N–H and O–H groups in total. The van der Waals surface area contributed by atoms with Crippen LogP contribution in [0.3, 0.4) is 0 Å². The summed E-state index contributed by atoms with van der Waals surface area (Å²) in [6, 6.07) is 15.3. The molecule has 0 aliphatic rings. The normalized spacial score (nSPS) is 11.0. The number of nitrogens with one attached hydrogen (secondary N) is 1. The van der Waals surface area contributed by atoms with Crippen LogP contribution in [-0.4, -0.2) is 39.5 Å². The van der Waals surface area contributed by atoms with Crippen molar-refractivity contribution in [1.29, 1.82) is 0 Å². The third-order valence-corrected chi connectivity index (χ3v) is 4.34. The number of hydrogen-bond donors (Lipinski definition) is 1. The molecule has 1 amide bonds. The summed E-state index contributed by atoms with van der Waals surface area (Å²) in [5.41, 5.74) is 2.19. The molecule has 0 saturated carbocycles. The second kappa shape index (κ2) is 7.03. The molecular formula is C20H17FN4O2. The summed E-state index contributed by atoms with van der Waals surface area (Å²) in [5, 5.41) is 5.05. The Morgan fingerprint density at radius 2 is 1.96 bits per heavy atom. The topological polar surface area (TPSA) is 75.0 Å². The van der Waals surface area contributed by atoms with Gasteiger partial charge in [0.2, 0.25) is 0 Å². The number of likely N-dealkylation sites (N-methyl/N-ethyl adjacent to an activating group) is 1. The highest BCUT2D eigenvalue weighted by molar-refractivity contribution is 5.94. The molecule has 4 aromatic rings. The van der Waals surface area contributed by atoms with Crippen LogP contribution in [0.5, 0.6) is 0 Å². The van der Waals surface area contributed by atoms with Crippen LogP contribution in [0.25, 0.3) is 22.5 Å². The molecule has 0 spiro atoms. The lowest BCUT2D eigenvalue weighted by Crippen LogP contribution is -2.29. The van der Waals surface area contributed by atoms with Crippen LogP contribution in [0.15, 0.2) is 59.1 Å². The van der Waals surface area contributed by atoms with Gasteiger partial charge in [0.05, 0.1) is 0 Å². The SMILES string of the molecule is CN(CCc1noc(-c2cc3ccccc3[nH]2)n1)C(=O)c1ccc(F)cc1. The number of para-hydroxylation sites is 1. The molecule has 4 rings (SSSR count). The zero-order valence-corrected chi connectivity index (χ0v) is 14.6. The van der Waals surface area contributed by atoms with Crippen molar-refractivity contribution in [2.75, 3.05) is 13.6 Å². The van der Waals surface area contributed by atoms with Gasteiger partial charge in [-0.05, 0) is 36.4 Å². The zero-order chi connectivity index (χ0) is 18.8. The van der Waals surface area contributed by atoms with Gasteiger partial charge >= 0.3 is 0 Å². The molecule has 27 heavy (non-hydrogen) atoms. The maximum Gasteiger partial charge on any atom is 0.274 e. The Labute approximate surface area is 154 Å². The first-order valence-electron chi connectivity index (χ1n) is 8.52. The van der Waals surface area contributed by atoms with Crippen LogP contribution in [0, 0.1) is 5.82 Å². The Kier molecular flexibility index (Phi) is 4.42. The fraction of sp³-hybridized carbons (Fsp3) is 0.150. The number of aromatic amines is 1. The van der Waals surface area contributed by atoms with Crippen molar-refractivity contribution in [3.05, 3.63) is 71.8 Å². The molecule has 0 aliphatic heterocycles. The van der Waals surface area contributed by atoms with Crippen LogP contribution in [-0.2, 0) is 6.42 Å². The molecule has 0 saturated heterocycles. The minimum absolute atomic E-state index is 0.186. The fourth-order valence-electron chi connectivity index (χ4n) is 2.84. The number of H-pyrrole nitrogens is 1. The summed E-state index contributed by atoms with van der Waals surface area (Å²) in [5.74, 6) is 0.371. The summed E-state index contributed by atoms with van der Waals surface area (Å²) in [7, 11) is 1.68. The number of hydrogen-bond acceptors (Lipinski definition) is 4. The van der Waals surface area contributed by atoms with Gasteiger partial charge in [-0.15, -0.1) is 0 Å². The number of fused-ring (bicyclic) bond motifs is 1. The van der Waals surface area contributed by atoms with Gasteiger partial charge < -0.3 is 14.4 Å². The molecule has 2 heterocycles. The number of carbonyl (C=O) groups excluding carboxylic acids is 1. The summed E-state index contributed by atoms with van der Waals surface area (Å²) in [4.78, 5) is 21.5. The van der Waals surface area contributed by atoms with E-state index in [2.05, 4.69) is 15.1 Å². The fourth-order valence-corrected chi connectivity index (χ4v) is 2.84. The Hall–Kier alpha value is -3.48. The largest absolute Gasteiger partial charge is 0.351 e. The van der Waals surface area contributed by atoms with E-state index in [1.54, 1.807) is 11.9 Å². The van der Waals surface area contributed by atoms with Crippen LogP contribution < -0.4 is 0 Å². The molecule has 2 aromatic carbocycles. The second-order valence-corrected chi connectivity index (χ2v) is 6.27. The van der Waals surface area contributed by atoms with E-state index in [4.69, 9.17) is 4.52 Å². The third kappa shape index (κ3) is 3.57. The molecule has 0 fully saturated rings. The molecule has 6 nitrogen and oxygen atoms in total. The van der Waals surface area contributed by atoms with Gasteiger partial charge in [-0.25, -0.2) is 4.39 Å². The third-order valence-electron chi connectivity index (χ3n) is 4.34. The van der Waals surface area contributed by atoms with Crippen molar-refractivity contribution in [1.82, 2.24) is 20.0 Å². The monoisotopic (exact) mass is 364 g/mol. The van der Waals surface area contributed by atoms with Crippen molar-refractivity contribution in [2.24, 2.45) is 0 Å². The molecule has 7 heteroatoms. The predicted octanol–water partition coefficient (Wildman–Crippen LogP) is 3.67. The standard InChI is InChI=1S/C20H17FN4O2/c1-25(20(26)13-6-8-15(21)9-7-13)11-10-18-23-19(27-24-18)17-12-14-4-2-3-5-16(14)22-17/h2-9,12,22H,10-11H2,1H3. The smallest absolute Gasteiger partial charge is 0.274 e. The molecule has 0 atom stereocenters. The number of amides is 1. The highest BCUT2D eigenvalue weighted by Gasteiger charge is 2.15. The average Bonchev–Trinajstić information content (AvgIpc) is 3.32. The maximum absolute atomic E-state index is 13.0. The second-order valence-electron chi connectivity index (χ2n) is 6.27. The quantitative estimate of drug-likeness (QED) is 0.586. The zero-order valence-electron chi connectivity index (χ0n) is 14.6. The molecule has 0 unspecified atom stereocenters. The first-order chi connectivity index (χ1) is 13.1. The highest BCUT2D eigenvalue weighted by atomic mass is 19.1. The van der Waals surface area contributed by atoms with E-state index in [0.717, 1.165) is 16.6 Å². The van der Waals surface area contributed by atoms with Gasteiger partial charge in [0.15, 0.2) is 5.82 Å². The predicted molar refractivity (Wildman–Crippen MR) is 98.7 cm³/mol. The number of halogens is 1.